The molecule has 0 radical (unpaired) electrons. The molecule has 1 saturated heterocycles. The summed E-state index contributed by atoms with van der Waals surface area (Å²) in [5.41, 5.74) is 4.91. The number of amides is 1. The van der Waals surface area contributed by atoms with E-state index < -0.39 is 20.9 Å². The Kier molecular flexibility index (Phi) is 5.10. The van der Waals surface area contributed by atoms with E-state index in [0.29, 0.717) is 13.1 Å². The zero-order valence-electron chi connectivity index (χ0n) is 14.2. The highest BCUT2D eigenvalue weighted by Crippen LogP contribution is 2.34. The number of nitrogens with zero attached hydrogens (tertiary/aromatic N) is 2. The molecule has 0 aromatic heterocycles. The van der Waals surface area contributed by atoms with Gasteiger partial charge in [-0.2, -0.15) is 4.31 Å². The second-order valence-electron chi connectivity index (χ2n) is 5.96. The maximum Gasteiger partial charge on any atom is 0.311 e. The summed E-state index contributed by atoms with van der Waals surface area (Å²) in [6.07, 6.45) is 1.56. The number of primary amides is 1. The Morgan fingerprint density at radius 1 is 1.11 bits per heavy atom. The SMILES string of the molecule is NC(=O)c1cc(S(=O)(=O)N2CCCC2)ccc1Oc1ccccc1[N+](=O)[O-]. The lowest BCUT2D eigenvalue weighted by Crippen LogP contribution is -2.28. The summed E-state index contributed by atoms with van der Waals surface area (Å²) in [6, 6.07) is 9.36. The summed E-state index contributed by atoms with van der Waals surface area (Å²) in [5.74, 6) is -1.04. The molecule has 2 aromatic carbocycles. The number of carbonyl (C=O) groups is 1. The van der Waals surface area contributed by atoms with Gasteiger partial charge in [-0.25, -0.2) is 8.42 Å². The normalized spacial score (nSPS) is 14.8. The number of nitro groups is 1. The number of ether oxygens (including phenoxy) is 1. The molecule has 2 N–H and O–H groups in total. The molecule has 9 nitrogen and oxygen atoms in total. The quantitative estimate of drug-likeness (QED) is 0.593. The van der Waals surface area contributed by atoms with Crippen LogP contribution < -0.4 is 10.5 Å². The number of nitrogens with two attached hydrogens (primary N) is 1. The first kappa shape index (κ1) is 18.8. The Balaban J connectivity index is 2.01. The summed E-state index contributed by atoms with van der Waals surface area (Å²) >= 11 is 0. The molecular formula is C17H17N3O6S. The van der Waals surface area contributed by atoms with Crippen LogP contribution in [0.3, 0.4) is 0 Å². The van der Waals surface area contributed by atoms with E-state index >= 15 is 0 Å². The van der Waals surface area contributed by atoms with Gasteiger partial charge >= 0.3 is 5.69 Å². The Morgan fingerprint density at radius 3 is 2.41 bits per heavy atom. The van der Waals surface area contributed by atoms with Crippen molar-refractivity contribution in [2.75, 3.05) is 13.1 Å². The first-order valence-electron chi connectivity index (χ1n) is 8.16. The van der Waals surface area contributed by atoms with Gasteiger partial charge in [0, 0.05) is 19.2 Å². The van der Waals surface area contributed by atoms with Crippen LogP contribution in [-0.2, 0) is 10.0 Å². The molecule has 10 heteroatoms. The summed E-state index contributed by atoms with van der Waals surface area (Å²) in [7, 11) is -3.74. The Morgan fingerprint density at radius 2 is 1.78 bits per heavy atom. The number of rotatable bonds is 6. The average molecular weight is 391 g/mol. The van der Waals surface area contributed by atoms with E-state index in [1.54, 1.807) is 6.07 Å². The largest absolute Gasteiger partial charge is 0.449 e. The molecule has 1 heterocycles. The van der Waals surface area contributed by atoms with Crippen LogP contribution >= 0.6 is 0 Å². The number of sulfonamides is 1. The smallest absolute Gasteiger partial charge is 0.311 e. The maximum atomic E-state index is 12.7. The van der Waals surface area contributed by atoms with Crippen LogP contribution in [0.2, 0.25) is 0 Å². The van der Waals surface area contributed by atoms with Crippen molar-refractivity contribution < 1.29 is 22.9 Å². The number of hydrogen-bond donors (Lipinski definition) is 1. The average Bonchev–Trinajstić information content (AvgIpc) is 3.17. The van der Waals surface area contributed by atoms with Crippen molar-refractivity contribution in [2.45, 2.75) is 17.7 Å². The standard InChI is InChI=1S/C17H17N3O6S/c18-17(21)13-11-12(27(24,25)19-9-3-4-10-19)7-8-15(13)26-16-6-2-1-5-14(16)20(22)23/h1-2,5-8,11H,3-4,9-10H2,(H2,18,21). The number of para-hydroxylation sites is 2. The van der Waals surface area contributed by atoms with Crippen LogP contribution in [0.25, 0.3) is 0 Å². The number of hydrogen-bond acceptors (Lipinski definition) is 6. The van der Waals surface area contributed by atoms with Gasteiger partial charge < -0.3 is 10.5 Å². The van der Waals surface area contributed by atoms with E-state index in [4.69, 9.17) is 10.5 Å². The van der Waals surface area contributed by atoms with Crippen LogP contribution in [-0.4, -0.2) is 36.6 Å². The second-order valence-corrected chi connectivity index (χ2v) is 7.90. The second kappa shape index (κ2) is 7.33. The van der Waals surface area contributed by atoms with Gasteiger partial charge in [-0.3, -0.25) is 14.9 Å². The van der Waals surface area contributed by atoms with E-state index in [1.807, 2.05) is 0 Å². The molecule has 0 unspecified atom stereocenters. The Labute approximate surface area is 155 Å². The van der Waals surface area contributed by atoms with Crippen LogP contribution in [0.4, 0.5) is 5.69 Å². The molecule has 27 heavy (non-hydrogen) atoms. The van der Waals surface area contributed by atoms with Crippen molar-refractivity contribution in [3.63, 3.8) is 0 Å². The van der Waals surface area contributed by atoms with Crippen molar-refractivity contribution >= 4 is 21.6 Å². The van der Waals surface area contributed by atoms with Crippen molar-refractivity contribution in [3.05, 3.63) is 58.1 Å². The van der Waals surface area contributed by atoms with Crippen molar-refractivity contribution in [2.24, 2.45) is 5.73 Å². The highest BCUT2D eigenvalue weighted by Gasteiger charge is 2.28. The molecular weight excluding hydrogens is 374 g/mol. The van der Waals surface area contributed by atoms with Crippen LogP contribution in [0, 0.1) is 10.1 Å². The molecule has 3 rings (SSSR count). The van der Waals surface area contributed by atoms with Gasteiger partial charge in [0.25, 0.3) is 5.91 Å². The minimum Gasteiger partial charge on any atom is -0.449 e. The lowest BCUT2D eigenvalue weighted by Gasteiger charge is -2.17. The first-order valence-corrected chi connectivity index (χ1v) is 9.60. The highest BCUT2D eigenvalue weighted by molar-refractivity contribution is 7.89. The van der Waals surface area contributed by atoms with Gasteiger partial charge in [0.1, 0.15) is 5.75 Å². The topological polar surface area (TPSA) is 133 Å². The summed E-state index contributed by atoms with van der Waals surface area (Å²) in [4.78, 5) is 22.2. The van der Waals surface area contributed by atoms with Gasteiger partial charge in [0.05, 0.1) is 15.4 Å². The fourth-order valence-electron chi connectivity index (χ4n) is 2.84. The van der Waals surface area contributed by atoms with Gasteiger partial charge in [-0.1, -0.05) is 12.1 Å². The fraction of sp³-hybridized carbons (Fsp3) is 0.235. The van der Waals surface area contributed by atoms with E-state index in [2.05, 4.69) is 0 Å². The predicted molar refractivity (Wildman–Crippen MR) is 96.1 cm³/mol. The molecule has 1 aliphatic rings. The summed E-state index contributed by atoms with van der Waals surface area (Å²) < 4.78 is 32.2. The molecule has 2 aromatic rings. The van der Waals surface area contributed by atoms with Gasteiger partial charge in [0.15, 0.2) is 0 Å². The summed E-state index contributed by atoms with van der Waals surface area (Å²) in [5, 5.41) is 11.1. The minimum absolute atomic E-state index is 0.0582. The van der Waals surface area contributed by atoms with E-state index in [9.17, 15) is 23.3 Å². The minimum atomic E-state index is -3.74. The van der Waals surface area contributed by atoms with Gasteiger partial charge in [-0.05, 0) is 37.1 Å². The van der Waals surface area contributed by atoms with Gasteiger partial charge in [-0.15, -0.1) is 0 Å². The molecule has 142 valence electrons. The van der Waals surface area contributed by atoms with E-state index in [-0.39, 0.29) is 27.6 Å². The van der Waals surface area contributed by atoms with Crippen molar-refractivity contribution in [1.29, 1.82) is 0 Å². The number of nitro benzene ring substituents is 1. The van der Waals surface area contributed by atoms with Gasteiger partial charge in [0.2, 0.25) is 15.8 Å². The monoisotopic (exact) mass is 391 g/mol. The molecule has 0 atom stereocenters. The van der Waals surface area contributed by atoms with Crippen LogP contribution in [0.15, 0.2) is 47.4 Å². The molecule has 0 aliphatic carbocycles. The lowest BCUT2D eigenvalue weighted by atomic mass is 10.2. The fourth-order valence-corrected chi connectivity index (χ4v) is 4.39. The number of carbonyl (C=O) groups excluding carboxylic acids is 1. The van der Waals surface area contributed by atoms with Crippen LogP contribution in [0.5, 0.6) is 11.5 Å². The van der Waals surface area contributed by atoms with Crippen molar-refractivity contribution in [3.8, 4) is 11.5 Å². The predicted octanol–water partition coefficient (Wildman–Crippen LogP) is 2.27. The Hall–Kier alpha value is -2.98. The third kappa shape index (κ3) is 3.76. The first-order chi connectivity index (χ1) is 12.8. The molecule has 0 bridgehead atoms. The van der Waals surface area contributed by atoms with Crippen molar-refractivity contribution in [1.82, 2.24) is 4.31 Å². The Bertz CT molecular complexity index is 999. The third-order valence-corrected chi connectivity index (χ3v) is 6.10. The molecule has 0 spiro atoms. The van der Waals surface area contributed by atoms with E-state index in [1.165, 1.54) is 34.6 Å². The molecule has 1 fully saturated rings. The maximum absolute atomic E-state index is 12.7. The highest BCUT2D eigenvalue weighted by atomic mass is 32.2. The molecule has 1 aliphatic heterocycles. The number of benzene rings is 2. The lowest BCUT2D eigenvalue weighted by molar-refractivity contribution is -0.385. The third-order valence-electron chi connectivity index (χ3n) is 4.20. The molecule has 0 saturated carbocycles. The van der Waals surface area contributed by atoms with Crippen LogP contribution in [0.1, 0.15) is 23.2 Å². The summed E-state index contributed by atoms with van der Waals surface area (Å²) in [6.45, 7) is 0.839. The zero-order chi connectivity index (χ0) is 19.6. The van der Waals surface area contributed by atoms with E-state index in [0.717, 1.165) is 18.9 Å². The molecule has 1 amide bonds. The zero-order valence-corrected chi connectivity index (χ0v) is 15.0.